The van der Waals surface area contributed by atoms with E-state index >= 15 is 0 Å². The molecule has 30 heavy (non-hydrogen) atoms. The molecule has 0 aliphatic carbocycles. The highest BCUT2D eigenvalue weighted by Crippen LogP contribution is 2.27. The van der Waals surface area contributed by atoms with E-state index in [1.54, 1.807) is 24.3 Å². The van der Waals surface area contributed by atoms with Crippen LogP contribution in [0.2, 0.25) is 15.1 Å². The molecule has 156 valence electrons. The summed E-state index contributed by atoms with van der Waals surface area (Å²) in [7, 11) is 0. The quantitative estimate of drug-likeness (QED) is 0.401. The van der Waals surface area contributed by atoms with Gasteiger partial charge in [0, 0.05) is 28.0 Å². The van der Waals surface area contributed by atoms with Crippen LogP contribution in [0.5, 0.6) is 5.75 Å². The molecule has 3 rings (SSSR count). The fourth-order valence-corrected chi connectivity index (χ4v) is 3.35. The molecule has 3 aromatic rings. The van der Waals surface area contributed by atoms with Crippen molar-refractivity contribution in [2.24, 2.45) is 0 Å². The largest absolute Gasteiger partial charge is 0.482 e. The molecule has 0 unspecified atom stereocenters. The third-order valence-electron chi connectivity index (χ3n) is 4.50. The van der Waals surface area contributed by atoms with E-state index in [0.717, 1.165) is 22.4 Å². The summed E-state index contributed by atoms with van der Waals surface area (Å²) in [6.07, 6.45) is 0. The van der Waals surface area contributed by atoms with Crippen LogP contribution in [0.15, 0.2) is 54.6 Å². The number of carbonyl (C=O) groups is 1. The smallest absolute Gasteiger partial charge is 0.262 e. The van der Waals surface area contributed by atoms with Crippen molar-refractivity contribution in [3.8, 4) is 5.75 Å². The van der Waals surface area contributed by atoms with Crippen molar-refractivity contribution in [3.05, 3.63) is 86.4 Å². The summed E-state index contributed by atoms with van der Waals surface area (Å²) >= 11 is 18.5. The number of rotatable bonds is 7. The van der Waals surface area contributed by atoms with E-state index in [9.17, 15) is 4.79 Å². The van der Waals surface area contributed by atoms with E-state index in [0.29, 0.717) is 33.0 Å². The average molecular weight is 464 g/mol. The number of halogens is 3. The molecule has 4 nitrogen and oxygen atoms in total. The van der Waals surface area contributed by atoms with Crippen LogP contribution in [0.3, 0.4) is 0 Å². The normalized spacial score (nSPS) is 10.6. The maximum absolute atomic E-state index is 12.2. The van der Waals surface area contributed by atoms with Crippen molar-refractivity contribution in [2.45, 2.75) is 20.4 Å². The summed E-state index contributed by atoms with van der Waals surface area (Å²) in [6.45, 7) is 4.26. The van der Waals surface area contributed by atoms with Gasteiger partial charge in [0.2, 0.25) is 0 Å². The Morgan fingerprint density at radius 1 is 0.900 bits per heavy atom. The Bertz CT molecular complexity index is 1070. The van der Waals surface area contributed by atoms with Crippen molar-refractivity contribution in [2.75, 3.05) is 17.2 Å². The lowest BCUT2D eigenvalue weighted by Gasteiger charge is -2.12. The van der Waals surface area contributed by atoms with Gasteiger partial charge in [-0.05, 0) is 66.9 Å². The number of ether oxygens (including phenoxy) is 1. The van der Waals surface area contributed by atoms with Crippen molar-refractivity contribution in [1.29, 1.82) is 0 Å². The fraction of sp³-hybridized carbons (Fsp3) is 0.174. The Kier molecular flexibility index (Phi) is 7.48. The minimum atomic E-state index is -0.293. The van der Waals surface area contributed by atoms with E-state index in [2.05, 4.69) is 10.6 Å². The number of carbonyl (C=O) groups excluding carboxylic acids is 1. The highest BCUT2D eigenvalue weighted by molar-refractivity contribution is 6.32. The second-order valence-electron chi connectivity index (χ2n) is 6.88. The van der Waals surface area contributed by atoms with Gasteiger partial charge in [-0.25, -0.2) is 0 Å². The van der Waals surface area contributed by atoms with Crippen LogP contribution in [0.1, 0.15) is 16.7 Å². The van der Waals surface area contributed by atoms with Gasteiger partial charge in [-0.2, -0.15) is 0 Å². The van der Waals surface area contributed by atoms with Crippen molar-refractivity contribution in [1.82, 2.24) is 0 Å². The molecule has 2 N–H and O–H groups in total. The number of anilines is 2. The van der Waals surface area contributed by atoms with Gasteiger partial charge in [-0.3, -0.25) is 4.79 Å². The molecule has 0 spiro atoms. The first-order chi connectivity index (χ1) is 14.3. The zero-order valence-corrected chi connectivity index (χ0v) is 18.8. The molecule has 0 bridgehead atoms. The summed E-state index contributed by atoms with van der Waals surface area (Å²) < 4.78 is 5.57. The summed E-state index contributed by atoms with van der Waals surface area (Å²) in [5, 5.41) is 7.79. The lowest BCUT2D eigenvalue weighted by atomic mass is 10.2. The summed E-state index contributed by atoms with van der Waals surface area (Å²) in [4.78, 5) is 12.2. The first-order valence-electron chi connectivity index (χ1n) is 9.29. The fourth-order valence-electron chi connectivity index (χ4n) is 2.74. The molecule has 0 saturated carbocycles. The second kappa shape index (κ2) is 10.1. The monoisotopic (exact) mass is 462 g/mol. The van der Waals surface area contributed by atoms with Crippen molar-refractivity contribution < 1.29 is 9.53 Å². The number of benzene rings is 3. The lowest BCUT2D eigenvalue weighted by Crippen LogP contribution is -2.20. The molecule has 0 aromatic heterocycles. The van der Waals surface area contributed by atoms with Crippen molar-refractivity contribution >= 4 is 52.1 Å². The van der Waals surface area contributed by atoms with Crippen LogP contribution in [0, 0.1) is 13.8 Å². The molecular formula is C23H21Cl3N2O2. The maximum atomic E-state index is 12.2. The highest BCUT2D eigenvalue weighted by atomic mass is 35.5. The van der Waals surface area contributed by atoms with E-state index < -0.39 is 0 Å². The summed E-state index contributed by atoms with van der Waals surface area (Å²) in [5.41, 5.74) is 4.50. The number of hydrogen-bond donors (Lipinski definition) is 2. The zero-order valence-electron chi connectivity index (χ0n) is 16.6. The van der Waals surface area contributed by atoms with E-state index in [-0.39, 0.29) is 12.5 Å². The molecule has 0 aliphatic rings. The SMILES string of the molecule is Cc1ccc(NCc2ccc(OCC(=O)Nc3cc(Cl)ccc3C)c(Cl)c2)cc1Cl. The molecule has 0 aliphatic heterocycles. The Balaban J connectivity index is 1.55. The van der Waals surface area contributed by atoms with E-state index in [1.165, 1.54) is 0 Å². The Morgan fingerprint density at radius 2 is 1.67 bits per heavy atom. The Labute approximate surface area is 191 Å². The van der Waals surface area contributed by atoms with Crippen LogP contribution in [-0.2, 0) is 11.3 Å². The molecule has 0 saturated heterocycles. The zero-order chi connectivity index (χ0) is 21.7. The second-order valence-corrected chi connectivity index (χ2v) is 8.13. The highest BCUT2D eigenvalue weighted by Gasteiger charge is 2.09. The average Bonchev–Trinajstić information content (AvgIpc) is 2.71. The molecule has 7 heteroatoms. The number of aryl methyl sites for hydroxylation is 2. The molecule has 0 atom stereocenters. The predicted molar refractivity (Wildman–Crippen MR) is 125 cm³/mol. The number of nitrogens with one attached hydrogen (secondary N) is 2. The van der Waals surface area contributed by atoms with Gasteiger partial charge in [-0.1, -0.05) is 53.0 Å². The third-order valence-corrected chi connectivity index (χ3v) is 5.43. The van der Waals surface area contributed by atoms with Gasteiger partial charge in [-0.15, -0.1) is 0 Å². The van der Waals surface area contributed by atoms with Crippen LogP contribution in [-0.4, -0.2) is 12.5 Å². The van der Waals surface area contributed by atoms with Gasteiger partial charge in [0.1, 0.15) is 5.75 Å². The van der Waals surface area contributed by atoms with Gasteiger partial charge >= 0.3 is 0 Å². The first kappa shape index (κ1) is 22.3. The maximum Gasteiger partial charge on any atom is 0.262 e. The standard InChI is InChI=1S/C23H21Cl3N2O2/c1-14-4-7-18(11-19(14)25)27-12-16-5-8-22(20(26)9-16)30-13-23(29)28-21-10-17(24)6-3-15(21)2/h3-11,27H,12-13H2,1-2H3,(H,28,29). The molecular weight excluding hydrogens is 443 g/mol. The van der Waals surface area contributed by atoms with Crippen molar-refractivity contribution in [3.63, 3.8) is 0 Å². The minimum Gasteiger partial charge on any atom is -0.482 e. The molecule has 1 amide bonds. The Morgan fingerprint density at radius 3 is 2.40 bits per heavy atom. The molecule has 0 fully saturated rings. The Hall–Kier alpha value is -2.40. The topological polar surface area (TPSA) is 50.4 Å². The number of amides is 1. The van der Waals surface area contributed by atoms with E-state index in [4.69, 9.17) is 39.5 Å². The minimum absolute atomic E-state index is 0.162. The lowest BCUT2D eigenvalue weighted by molar-refractivity contribution is -0.118. The van der Waals surface area contributed by atoms with Crippen LogP contribution in [0.4, 0.5) is 11.4 Å². The van der Waals surface area contributed by atoms with Crippen LogP contribution >= 0.6 is 34.8 Å². The van der Waals surface area contributed by atoms with Gasteiger partial charge in [0.25, 0.3) is 5.91 Å². The number of hydrogen-bond acceptors (Lipinski definition) is 3. The van der Waals surface area contributed by atoms with E-state index in [1.807, 2.05) is 44.2 Å². The third kappa shape index (κ3) is 6.05. The molecule has 3 aromatic carbocycles. The first-order valence-corrected chi connectivity index (χ1v) is 10.4. The molecule has 0 heterocycles. The van der Waals surface area contributed by atoms with Gasteiger partial charge < -0.3 is 15.4 Å². The molecule has 0 radical (unpaired) electrons. The van der Waals surface area contributed by atoms with Gasteiger partial charge in [0.15, 0.2) is 6.61 Å². The summed E-state index contributed by atoms with van der Waals surface area (Å²) in [6, 6.07) is 16.6. The summed E-state index contributed by atoms with van der Waals surface area (Å²) in [5.74, 6) is 0.148. The van der Waals surface area contributed by atoms with Crippen LogP contribution < -0.4 is 15.4 Å². The van der Waals surface area contributed by atoms with Crippen LogP contribution in [0.25, 0.3) is 0 Å². The predicted octanol–water partition coefficient (Wildman–Crippen LogP) is 6.89. The van der Waals surface area contributed by atoms with Gasteiger partial charge in [0.05, 0.1) is 5.02 Å².